The number of thioether (sulfide) groups is 1. The third kappa shape index (κ3) is 4.18. The third-order valence-electron chi connectivity index (χ3n) is 3.60. The van der Waals surface area contributed by atoms with Gasteiger partial charge in [-0.05, 0) is 53.1 Å². The molecule has 1 N–H and O–H groups in total. The van der Waals surface area contributed by atoms with Gasteiger partial charge < -0.3 is 4.74 Å². The minimum absolute atomic E-state index is 0.0781. The number of carbonyl (C=O) groups excluding carboxylic acids is 1. The van der Waals surface area contributed by atoms with Crippen molar-refractivity contribution < 1.29 is 17.9 Å². The van der Waals surface area contributed by atoms with Crippen LogP contribution in [-0.2, 0) is 14.8 Å². The first-order valence-electron chi connectivity index (χ1n) is 7.69. The van der Waals surface area contributed by atoms with Crippen molar-refractivity contribution in [1.29, 1.82) is 0 Å². The number of sulfonamides is 1. The number of methoxy groups -OCH3 is 1. The molecule has 1 heterocycles. The number of tetrazole rings is 1. The molecule has 1 aromatic heterocycles. The van der Waals surface area contributed by atoms with E-state index < -0.39 is 16.0 Å². The van der Waals surface area contributed by atoms with E-state index in [1.54, 1.807) is 24.3 Å². The van der Waals surface area contributed by atoms with E-state index in [0.29, 0.717) is 21.0 Å². The fourth-order valence-electron chi connectivity index (χ4n) is 2.39. The van der Waals surface area contributed by atoms with Gasteiger partial charge in [0.15, 0.2) is 0 Å². The molecule has 0 unspecified atom stereocenters. The summed E-state index contributed by atoms with van der Waals surface area (Å²) in [6.45, 7) is 0. The quantitative estimate of drug-likeness (QED) is 0.420. The summed E-state index contributed by atoms with van der Waals surface area (Å²) in [6.07, 6.45) is 1.83. The largest absolute Gasteiger partial charge is 0.465 e. The molecule has 3 rings (SSSR count). The van der Waals surface area contributed by atoms with Crippen LogP contribution in [0.1, 0.15) is 10.4 Å². The van der Waals surface area contributed by atoms with Gasteiger partial charge in [-0.15, -0.1) is 5.10 Å². The van der Waals surface area contributed by atoms with E-state index >= 15 is 0 Å². The number of ether oxygens (including phenoxy) is 1. The van der Waals surface area contributed by atoms with E-state index in [9.17, 15) is 13.2 Å². The van der Waals surface area contributed by atoms with Gasteiger partial charge in [-0.25, -0.2) is 13.2 Å². The second-order valence-corrected chi connectivity index (χ2v) is 8.71. The molecule has 146 valence electrons. The average Bonchev–Trinajstić information content (AvgIpc) is 3.15. The molecule has 0 fully saturated rings. The summed E-state index contributed by atoms with van der Waals surface area (Å²) in [5, 5.41) is 12.0. The van der Waals surface area contributed by atoms with E-state index in [2.05, 4.69) is 36.2 Å². The number of hydrogen-bond acceptors (Lipinski definition) is 8. The van der Waals surface area contributed by atoms with Crippen molar-refractivity contribution in [2.24, 2.45) is 0 Å². The molecule has 28 heavy (non-hydrogen) atoms. The van der Waals surface area contributed by atoms with Gasteiger partial charge in [0, 0.05) is 4.47 Å². The zero-order chi connectivity index (χ0) is 20.3. The molecular weight excluding hydrogens is 470 g/mol. The molecule has 0 atom stereocenters. The summed E-state index contributed by atoms with van der Waals surface area (Å²) in [4.78, 5) is 11.8. The van der Waals surface area contributed by atoms with Crippen molar-refractivity contribution in [1.82, 2.24) is 20.2 Å². The first-order chi connectivity index (χ1) is 13.4. The highest BCUT2D eigenvalue weighted by molar-refractivity contribution is 9.10. The normalized spacial score (nSPS) is 11.2. The van der Waals surface area contributed by atoms with Crippen LogP contribution in [0.25, 0.3) is 5.69 Å². The van der Waals surface area contributed by atoms with Gasteiger partial charge in [-0.3, -0.25) is 4.72 Å². The number of nitrogens with zero attached hydrogens (tertiary/aromatic N) is 4. The number of esters is 1. The van der Waals surface area contributed by atoms with Crippen LogP contribution in [-0.4, -0.2) is 48.0 Å². The van der Waals surface area contributed by atoms with Crippen LogP contribution in [0.15, 0.2) is 57.0 Å². The summed E-state index contributed by atoms with van der Waals surface area (Å²) in [6, 6.07) is 10.8. The van der Waals surface area contributed by atoms with Crippen LogP contribution in [0.2, 0.25) is 0 Å². The Morgan fingerprint density at radius 1 is 1.25 bits per heavy atom. The minimum Gasteiger partial charge on any atom is -0.465 e. The fraction of sp³-hybridized carbons (Fsp3) is 0.125. The van der Waals surface area contributed by atoms with Gasteiger partial charge in [-0.1, -0.05) is 33.8 Å². The van der Waals surface area contributed by atoms with Crippen LogP contribution < -0.4 is 4.72 Å². The van der Waals surface area contributed by atoms with Gasteiger partial charge in [-0.2, -0.15) is 4.68 Å². The highest BCUT2D eigenvalue weighted by atomic mass is 79.9. The Morgan fingerprint density at radius 2 is 2.04 bits per heavy atom. The maximum absolute atomic E-state index is 12.9. The zero-order valence-electron chi connectivity index (χ0n) is 14.7. The molecule has 9 nitrogen and oxygen atoms in total. The molecule has 2 aromatic carbocycles. The van der Waals surface area contributed by atoms with Crippen LogP contribution in [0.5, 0.6) is 0 Å². The first kappa shape index (κ1) is 20.3. The lowest BCUT2D eigenvalue weighted by Gasteiger charge is -2.12. The number of hydrogen-bond donors (Lipinski definition) is 1. The first-order valence-corrected chi connectivity index (χ1v) is 11.2. The van der Waals surface area contributed by atoms with Crippen molar-refractivity contribution in [3.05, 3.63) is 52.5 Å². The highest BCUT2D eigenvalue weighted by Crippen LogP contribution is 2.25. The lowest BCUT2D eigenvalue weighted by Crippen LogP contribution is -2.17. The van der Waals surface area contributed by atoms with Crippen LogP contribution >= 0.6 is 27.7 Å². The summed E-state index contributed by atoms with van der Waals surface area (Å²) in [7, 11) is -2.87. The smallest absolute Gasteiger partial charge is 0.339 e. The van der Waals surface area contributed by atoms with Crippen molar-refractivity contribution in [2.75, 3.05) is 18.1 Å². The Hall–Kier alpha value is -2.44. The number of benzene rings is 2. The summed E-state index contributed by atoms with van der Waals surface area (Å²) in [5.74, 6) is -0.756. The number of rotatable bonds is 6. The monoisotopic (exact) mass is 483 g/mol. The maximum Gasteiger partial charge on any atom is 0.339 e. The summed E-state index contributed by atoms with van der Waals surface area (Å²) in [5.41, 5.74) is 0.794. The third-order valence-corrected chi connectivity index (χ3v) is 6.16. The van der Waals surface area contributed by atoms with Gasteiger partial charge in [0.1, 0.15) is 4.90 Å². The molecular formula is C16H14BrN5O4S2. The van der Waals surface area contributed by atoms with E-state index in [1.165, 1.54) is 41.8 Å². The SMILES string of the molecule is COC(=O)c1cc(Br)ccc1S(=O)(=O)Nc1cccc(-n2nnnc2SC)c1. The summed E-state index contributed by atoms with van der Waals surface area (Å²) < 4.78 is 35.0. The number of anilines is 1. The molecule has 0 spiro atoms. The number of nitrogens with one attached hydrogen (secondary N) is 1. The Bertz CT molecular complexity index is 1130. The zero-order valence-corrected chi connectivity index (χ0v) is 17.9. The number of carbonyl (C=O) groups is 1. The van der Waals surface area contributed by atoms with Crippen molar-refractivity contribution in [3.63, 3.8) is 0 Å². The number of aromatic nitrogens is 4. The fourth-order valence-corrected chi connectivity index (χ4v) is 4.41. The molecule has 0 aliphatic heterocycles. The minimum atomic E-state index is -4.05. The van der Waals surface area contributed by atoms with E-state index in [1.807, 2.05) is 6.26 Å². The molecule has 0 aliphatic rings. The van der Waals surface area contributed by atoms with Crippen LogP contribution in [0, 0.1) is 0 Å². The van der Waals surface area contributed by atoms with Crippen LogP contribution in [0.3, 0.4) is 0 Å². The van der Waals surface area contributed by atoms with E-state index in [-0.39, 0.29) is 10.5 Å². The van der Waals surface area contributed by atoms with Gasteiger partial charge >= 0.3 is 5.97 Å². The van der Waals surface area contributed by atoms with Gasteiger partial charge in [0.05, 0.1) is 24.0 Å². The van der Waals surface area contributed by atoms with E-state index in [4.69, 9.17) is 4.74 Å². The second kappa shape index (κ2) is 8.29. The maximum atomic E-state index is 12.9. The Morgan fingerprint density at radius 3 is 2.75 bits per heavy atom. The molecule has 0 saturated heterocycles. The highest BCUT2D eigenvalue weighted by Gasteiger charge is 2.24. The average molecular weight is 484 g/mol. The molecule has 0 bridgehead atoms. The lowest BCUT2D eigenvalue weighted by atomic mass is 10.2. The van der Waals surface area contributed by atoms with Gasteiger partial charge in [0.25, 0.3) is 10.0 Å². The predicted molar refractivity (Wildman–Crippen MR) is 107 cm³/mol. The lowest BCUT2D eigenvalue weighted by molar-refractivity contribution is 0.0596. The molecule has 0 aliphatic carbocycles. The molecule has 12 heteroatoms. The molecule has 0 radical (unpaired) electrons. The Labute approximate surface area is 173 Å². The summed E-state index contributed by atoms with van der Waals surface area (Å²) >= 11 is 4.58. The van der Waals surface area contributed by atoms with Crippen molar-refractivity contribution in [3.8, 4) is 5.69 Å². The number of halogens is 1. The standard InChI is InChI=1S/C16H14BrN5O4S2/c1-26-15(23)13-8-10(17)6-7-14(13)28(24,25)19-11-4-3-5-12(9-11)22-16(27-2)18-20-21-22/h3-9,19H,1-2H3. The second-order valence-electron chi connectivity index (χ2n) is 5.37. The molecule has 0 amide bonds. The predicted octanol–water partition coefficient (Wildman–Crippen LogP) is 2.73. The van der Waals surface area contributed by atoms with Crippen LogP contribution in [0.4, 0.5) is 5.69 Å². The molecule has 3 aromatic rings. The van der Waals surface area contributed by atoms with Gasteiger partial charge in [0.2, 0.25) is 5.16 Å². The van der Waals surface area contributed by atoms with Crippen molar-refractivity contribution in [2.45, 2.75) is 10.1 Å². The topological polar surface area (TPSA) is 116 Å². The Kier molecular flexibility index (Phi) is 6.01. The molecule has 0 saturated carbocycles. The van der Waals surface area contributed by atoms with Crippen molar-refractivity contribution >= 4 is 49.4 Å². The Balaban J connectivity index is 1.98. The van der Waals surface area contributed by atoms with E-state index in [0.717, 1.165) is 0 Å².